The van der Waals surface area contributed by atoms with Gasteiger partial charge < -0.3 is 10.1 Å². The second-order valence-corrected chi connectivity index (χ2v) is 12.8. The molecule has 1 aliphatic heterocycles. The van der Waals surface area contributed by atoms with Gasteiger partial charge in [-0.15, -0.1) is 0 Å². The molecule has 0 saturated carbocycles. The van der Waals surface area contributed by atoms with Gasteiger partial charge >= 0.3 is 0 Å². The normalized spacial score (nSPS) is 19.6. The molecule has 1 aliphatic rings. The van der Waals surface area contributed by atoms with Crippen LogP contribution >= 0.6 is 10.6 Å². The molecule has 1 heterocycles. The lowest BCUT2D eigenvalue weighted by Crippen LogP contribution is -2.40. The van der Waals surface area contributed by atoms with Crippen LogP contribution in [0.5, 0.6) is 0 Å². The van der Waals surface area contributed by atoms with Crippen molar-refractivity contribution in [2.24, 2.45) is 10.9 Å². The van der Waals surface area contributed by atoms with E-state index >= 15 is 0 Å². The van der Waals surface area contributed by atoms with Gasteiger partial charge in [-0.1, -0.05) is 58.0 Å². The van der Waals surface area contributed by atoms with E-state index in [1.165, 1.54) is 13.2 Å². The first-order valence-electron chi connectivity index (χ1n) is 12.3. The van der Waals surface area contributed by atoms with Gasteiger partial charge in [0.1, 0.15) is 12.4 Å². The van der Waals surface area contributed by atoms with Crippen LogP contribution in [0.4, 0.5) is 10.1 Å². The Kier molecular flexibility index (Phi) is 9.28. The maximum Gasteiger partial charge on any atom is 0.250 e. The first-order valence-corrected chi connectivity index (χ1v) is 14.2. The number of aliphatic imine (C=N–C) groups is 1. The molecular weight excluding hydrogens is 495 g/mol. The molecule has 1 amide bonds. The van der Waals surface area contributed by atoms with E-state index < -0.39 is 28.2 Å². The number of ketones is 1. The van der Waals surface area contributed by atoms with Crippen LogP contribution in [0.2, 0.25) is 0 Å². The Labute approximate surface area is 219 Å². The van der Waals surface area contributed by atoms with Crippen molar-refractivity contribution < 1.29 is 27.8 Å². The number of nitrogens with one attached hydrogen (secondary N) is 1. The highest BCUT2D eigenvalue weighted by molar-refractivity contribution is 8.25. The number of hydrogen-bond acceptors (Lipinski definition) is 6. The number of nitrogens with zero attached hydrogens (tertiary/aromatic N) is 1. The number of rotatable bonds is 8. The van der Waals surface area contributed by atoms with E-state index in [0.717, 1.165) is 11.1 Å². The Morgan fingerprint density at radius 2 is 1.95 bits per heavy atom. The summed E-state index contributed by atoms with van der Waals surface area (Å²) in [7, 11) is -1.66. The largest absolute Gasteiger partial charge is 0.375 e. The number of halogens is 1. The molecule has 0 aliphatic carbocycles. The molecular formula is C28H37FN2O5S. The summed E-state index contributed by atoms with van der Waals surface area (Å²) >= 11 is 0. The van der Waals surface area contributed by atoms with Crippen molar-refractivity contribution >= 4 is 33.7 Å². The average Bonchev–Trinajstić information content (AvgIpc) is 2.81. The van der Waals surface area contributed by atoms with Crippen molar-refractivity contribution in [2.75, 3.05) is 30.5 Å². The number of hydrogen-bond donors (Lipinski definition) is 3. The van der Waals surface area contributed by atoms with Gasteiger partial charge in [-0.25, -0.2) is 4.39 Å². The Bertz CT molecular complexity index is 1190. The third kappa shape index (κ3) is 7.70. The molecule has 202 valence electrons. The Morgan fingerprint density at radius 3 is 2.59 bits per heavy atom. The fourth-order valence-electron chi connectivity index (χ4n) is 4.43. The van der Waals surface area contributed by atoms with E-state index in [0.29, 0.717) is 17.5 Å². The predicted octanol–water partition coefficient (Wildman–Crippen LogP) is 5.40. The smallest absolute Gasteiger partial charge is 0.250 e. The van der Waals surface area contributed by atoms with E-state index in [-0.39, 0.29) is 53.7 Å². The fraction of sp³-hybridized carbons (Fsp3) is 0.464. The molecule has 7 nitrogen and oxygen atoms in total. The first kappa shape index (κ1) is 29.0. The van der Waals surface area contributed by atoms with Crippen LogP contribution < -0.4 is 5.32 Å². The number of carbonyl (C=O) groups is 2. The number of methoxy groups -OCH3 is 1. The molecule has 1 fully saturated rings. The SMILES string of the molecule is CCc1cc(C[C@@H]2CS(O)(O)CC(=NCc3cccc(C(C)(C)C)c3)C2=O)cc(F)c1NC(=O)COC. The van der Waals surface area contributed by atoms with Gasteiger partial charge in [-0.05, 0) is 46.6 Å². The number of anilines is 1. The number of aryl methyl sites for hydroxylation is 1. The van der Waals surface area contributed by atoms with Gasteiger partial charge in [-0.2, -0.15) is 10.6 Å². The van der Waals surface area contributed by atoms with Crippen LogP contribution in [0.15, 0.2) is 41.4 Å². The number of Topliss-reactive ketones (excluding diaryl/α,β-unsaturated/α-hetero) is 1. The van der Waals surface area contributed by atoms with Gasteiger partial charge in [0.05, 0.1) is 23.7 Å². The number of amides is 1. The summed E-state index contributed by atoms with van der Waals surface area (Å²) in [5.74, 6) is -2.29. The zero-order valence-electron chi connectivity index (χ0n) is 22.1. The van der Waals surface area contributed by atoms with E-state index in [2.05, 4.69) is 37.1 Å². The maximum atomic E-state index is 14.9. The Hall–Kier alpha value is -2.59. The number of carbonyl (C=O) groups excluding carboxylic acids is 2. The van der Waals surface area contributed by atoms with Crippen LogP contribution in [0.25, 0.3) is 0 Å². The van der Waals surface area contributed by atoms with Crippen LogP contribution in [0.1, 0.15) is 49.9 Å². The summed E-state index contributed by atoms with van der Waals surface area (Å²) in [5, 5.41) is 2.53. The molecule has 0 radical (unpaired) electrons. The molecule has 2 aromatic rings. The van der Waals surface area contributed by atoms with Crippen LogP contribution in [0, 0.1) is 11.7 Å². The van der Waals surface area contributed by atoms with Crippen LogP contribution in [-0.4, -0.2) is 51.7 Å². The zero-order valence-corrected chi connectivity index (χ0v) is 23.0. The second-order valence-electron chi connectivity index (χ2n) is 10.5. The number of ether oxygens (including phenoxy) is 1. The minimum atomic E-state index is -3.04. The fourth-order valence-corrected chi connectivity index (χ4v) is 6.14. The maximum absolute atomic E-state index is 14.9. The van der Waals surface area contributed by atoms with Crippen molar-refractivity contribution in [1.29, 1.82) is 0 Å². The first-order chi connectivity index (χ1) is 17.3. The topological polar surface area (TPSA) is 108 Å². The van der Waals surface area contributed by atoms with Gasteiger partial charge in [0.15, 0.2) is 5.78 Å². The van der Waals surface area contributed by atoms with Crippen molar-refractivity contribution in [3.63, 3.8) is 0 Å². The molecule has 0 aromatic heterocycles. The van der Waals surface area contributed by atoms with Gasteiger partial charge in [-0.3, -0.25) is 23.7 Å². The molecule has 0 bridgehead atoms. The number of benzene rings is 2. The van der Waals surface area contributed by atoms with E-state index in [4.69, 9.17) is 4.74 Å². The van der Waals surface area contributed by atoms with Gasteiger partial charge in [0, 0.05) is 18.8 Å². The molecule has 1 saturated heterocycles. The summed E-state index contributed by atoms with van der Waals surface area (Å²) < 4.78 is 40.9. The lowest BCUT2D eigenvalue weighted by atomic mass is 9.86. The molecule has 0 unspecified atom stereocenters. The molecule has 37 heavy (non-hydrogen) atoms. The summed E-state index contributed by atoms with van der Waals surface area (Å²) in [4.78, 5) is 29.7. The lowest BCUT2D eigenvalue weighted by molar-refractivity contribution is -0.119. The quantitative estimate of drug-likeness (QED) is 0.422. The lowest BCUT2D eigenvalue weighted by Gasteiger charge is -2.39. The zero-order chi connectivity index (χ0) is 27.4. The van der Waals surface area contributed by atoms with Crippen molar-refractivity contribution in [3.05, 3.63) is 64.5 Å². The van der Waals surface area contributed by atoms with Gasteiger partial charge in [0.2, 0.25) is 5.91 Å². The van der Waals surface area contributed by atoms with E-state index in [1.807, 2.05) is 25.1 Å². The Morgan fingerprint density at radius 1 is 1.22 bits per heavy atom. The third-order valence-electron chi connectivity index (χ3n) is 6.37. The average molecular weight is 533 g/mol. The molecule has 3 N–H and O–H groups in total. The highest BCUT2D eigenvalue weighted by Gasteiger charge is 2.36. The summed E-state index contributed by atoms with van der Waals surface area (Å²) in [6.45, 7) is 8.27. The Balaban J connectivity index is 1.82. The van der Waals surface area contributed by atoms with Crippen molar-refractivity contribution in [1.82, 2.24) is 0 Å². The second kappa shape index (κ2) is 11.9. The minimum Gasteiger partial charge on any atom is -0.375 e. The third-order valence-corrected chi connectivity index (χ3v) is 8.04. The summed E-state index contributed by atoms with van der Waals surface area (Å²) in [5.41, 5.74) is 3.45. The molecule has 3 rings (SSSR count). The summed E-state index contributed by atoms with van der Waals surface area (Å²) in [6.07, 6.45) is 0.602. The highest BCUT2D eigenvalue weighted by Crippen LogP contribution is 2.45. The predicted molar refractivity (Wildman–Crippen MR) is 147 cm³/mol. The van der Waals surface area contributed by atoms with Crippen molar-refractivity contribution in [3.8, 4) is 0 Å². The van der Waals surface area contributed by atoms with E-state index in [9.17, 15) is 23.1 Å². The molecule has 2 aromatic carbocycles. The monoisotopic (exact) mass is 532 g/mol. The highest BCUT2D eigenvalue weighted by atomic mass is 32.3. The van der Waals surface area contributed by atoms with Crippen molar-refractivity contribution in [2.45, 2.75) is 52.5 Å². The molecule has 9 heteroatoms. The van der Waals surface area contributed by atoms with Gasteiger partial charge in [0.25, 0.3) is 0 Å². The summed E-state index contributed by atoms with van der Waals surface area (Å²) in [6, 6.07) is 11.0. The molecule has 1 atom stereocenters. The standard InChI is InChI=1S/C28H37FN2O5S/c1-6-20-10-19(13-23(29)26(20)31-25(32)15-36-5)11-21-16-37(34,35)17-24(27(21)33)30-14-18-8-7-9-22(12-18)28(2,3)4/h7-10,12-13,21,34-35H,6,11,14-17H2,1-5H3,(H,31,32)/t21-/m1/s1. The van der Waals surface area contributed by atoms with Crippen LogP contribution in [0.3, 0.4) is 0 Å². The van der Waals surface area contributed by atoms with E-state index in [1.54, 1.807) is 6.07 Å². The minimum absolute atomic E-state index is 0.0286. The van der Waals surface area contributed by atoms with Crippen LogP contribution in [-0.2, 0) is 39.1 Å². The molecule has 0 spiro atoms.